The molecule has 2 rings (SSSR count). The van der Waals surface area contributed by atoms with E-state index in [0.717, 1.165) is 0 Å². The molecule has 0 aliphatic carbocycles. The number of sulfone groups is 1. The van der Waals surface area contributed by atoms with Crippen LogP contribution in [0.15, 0.2) is 24.3 Å². The van der Waals surface area contributed by atoms with E-state index in [1.54, 1.807) is 24.3 Å². The van der Waals surface area contributed by atoms with Gasteiger partial charge in [-0.25, -0.2) is 8.42 Å². The molecule has 1 aliphatic heterocycles. The lowest BCUT2D eigenvalue weighted by Gasteiger charge is -2.13. The highest BCUT2D eigenvalue weighted by Crippen LogP contribution is 2.36. The SMILES string of the molecule is CC(=O)c1ccccc1C1CCCS1(=O)=O. The molecule has 1 unspecified atom stereocenters. The summed E-state index contributed by atoms with van der Waals surface area (Å²) in [6.07, 6.45) is 1.33. The quantitative estimate of drug-likeness (QED) is 0.742. The average Bonchev–Trinajstić information content (AvgIpc) is 2.58. The number of carbonyl (C=O) groups excluding carboxylic acids is 1. The average molecular weight is 238 g/mol. The van der Waals surface area contributed by atoms with Crippen LogP contribution < -0.4 is 0 Å². The van der Waals surface area contributed by atoms with E-state index in [9.17, 15) is 13.2 Å². The fraction of sp³-hybridized carbons (Fsp3) is 0.417. The first kappa shape index (κ1) is 11.3. The van der Waals surface area contributed by atoms with Crippen molar-refractivity contribution >= 4 is 15.6 Å². The molecule has 1 aliphatic rings. The fourth-order valence-corrected chi connectivity index (χ4v) is 4.21. The van der Waals surface area contributed by atoms with Gasteiger partial charge in [0.2, 0.25) is 0 Å². The first-order valence-electron chi connectivity index (χ1n) is 5.34. The molecule has 0 bridgehead atoms. The van der Waals surface area contributed by atoms with E-state index >= 15 is 0 Å². The minimum atomic E-state index is -3.05. The Morgan fingerprint density at radius 3 is 2.56 bits per heavy atom. The highest BCUT2D eigenvalue weighted by molar-refractivity contribution is 7.91. The molecule has 86 valence electrons. The summed E-state index contributed by atoms with van der Waals surface area (Å²) in [5.74, 6) is 0.168. The second-order valence-electron chi connectivity index (χ2n) is 4.14. The van der Waals surface area contributed by atoms with Crippen molar-refractivity contribution in [3.8, 4) is 0 Å². The Balaban J connectivity index is 2.52. The maximum Gasteiger partial charge on any atom is 0.160 e. The van der Waals surface area contributed by atoms with Crippen molar-refractivity contribution in [1.82, 2.24) is 0 Å². The molecular formula is C12H14O3S. The second kappa shape index (κ2) is 4.01. The van der Waals surface area contributed by atoms with Crippen LogP contribution in [0.4, 0.5) is 0 Å². The molecule has 16 heavy (non-hydrogen) atoms. The lowest BCUT2D eigenvalue weighted by Crippen LogP contribution is -2.11. The van der Waals surface area contributed by atoms with Crippen LogP contribution in [0.25, 0.3) is 0 Å². The zero-order valence-electron chi connectivity index (χ0n) is 9.14. The summed E-state index contributed by atoms with van der Waals surface area (Å²) in [5, 5.41) is -0.479. The summed E-state index contributed by atoms with van der Waals surface area (Å²) in [7, 11) is -3.05. The third-order valence-corrected chi connectivity index (χ3v) is 5.23. The van der Waals surface area contributed by atoms with Crippen molar-refractivity contribution in [3.05, 3.63) is 35.4 Å². The van der Waals surface area contributed by atoms with Gasteiger partial charge >= 0.3 is 0 Å². The molecule has 0 N–H and O–H groups in total. The molecular weight excluding hydrogens is 224 g/mol. The molecule has 0 aromatic heterocycles. The Morgan fingerprint density at radius 2 is 2.00 bits per heavy atom. The number of carbonyl (C=O) groups is 1. The molecule has 0 saturated carbocycles. The smallest absolute Gasteiger partial charge is 0.160 e. The minimum absolute atomic E-state index is 0.0716. The Labute approximate surface area is 95.4 Å². The van der Waals surface area contributed by atoms with E-state index in [0.29, 0.717) is 24.0 Å². The van der Waals surface area contributed by atoms with Crippen molar-refractivity contribution in [3.63, 3.8) is 0 Å². The van der Waals surface area contributed by atoms with Crippen LogP contribution in [0.2, 0.25) is 0 Å². The van der Waals surface area contributed by atoms with Crippen molar-refractivity contribution in [2.75, 3.05) is 5.75 Å². The number of rotatable bonds is 2. The number of hydrogen-bond acceptors (Lipinski definition) is 3. The highest BCUT2D eigenvalue weighted by atomic mass is 32.2. The summed E-state index contributed by atoms with van der Waals surface area (Å²) in [5.41, 5.74) is 1.21. The van der Waals surface area contributed by atoms with Gasteiger partial charge in [0, 0.05) is 5.56 Å². The number of benzene rings is 1. The molecule has 4 heteroatoms. The molecule has 0 amide bonds. The lowest BCUT2D eigenvalue weighted by atomic mass is 9.99. The zero-order chi connectivity index (χ0) is 11.8. The first-order chi connectivity index (χ1) is 7.52. The van der Waals surface area contributed by atoms with E-state index in [-0.39, 0.29) is 11.5 Å². The standard InChI is InChI=1S/C12H14O3S/c1-9(13)10-5-2-3-6-11(10)12-7-4-8-16(12,14)15/h2-3,5-6,12H,4,7-8H2,1H3. The van der Waals surface area contributed by atoms with Gasteiger partial charge in [-0.3, -0.25) is 4.79 Å². The summed E-state index contributed by atoms with van der Waals surface area (Å²) >= 11 is 0. The predicted molar refractivity (Wildman–Crippen MR) is 62.2 cm³/mol. The van der Waals surface area contributed by atoms with Gasteiger partial charge in [-0.15, -0.1) is 0 Å². The van der Waals surface area contributed by atoms with Gasteiger partial charge in [0.1, 0.15) is 0 Å². The van der Waals surface area contributed by atoms with Crippen LogP contribution in [-0.4, -0.2) is 20.0 Å². The van der Waals surface area contributed by atoms with E-state index < -0.39 is 15.1 Å². The topological polar surface area (TPSA) is 51.2 Å². The highest BCUT2D eigenvalue weighted by Gasteiger charge is 2.34. The predicted octanol–water partition coefficient (Wildman–Crippen LogP) is 2.14. The lowest BCUT2D eigenvalue weighted by molar-refractivity contribution is 0.101. The molecule has 0 radical (unpaired) electrons. The van der Waals surface area contributed by atoms with Gasteiger partial charge in [-0.1, -0.05) is 24.3 Å². The zero-order valence-corrected chi connectivity index (χ0v) is 9.96. The maximum atomic E-state index is 11.8. The Hall–Kier alpha value is -1.16. The molecule has 3 nitrogen and oxygen atoms in total. The van der Waals surface area contributed by atoms with Crippen LogP contribution in [0.1, 0.15) is 40.9 Å². The minimum Gasteiger partial charge on any atom is -0.295 e. The molecule has 1 saturated heterocycles. The first-order valence-corrected chi connectivity index (χ1v) is 7.05. The van der Waals surface area contributed by atoms with Crippen LogP contribution in [0.3, 0.4) is 0 Å². The van der Waals surface area contributed by atoms with Crippen molar-refractivity contribution in [2.45, 2.75) is 25.0 Å². The normalized spacial score (nSPS) is 23.2. The number of hydrogen-bond donors (Lipinski definition) is 0. The molecule has 1 fully saturated rings. The van der Waals surface area contributed by atoms with E-state index in [4.69, 9.17) is 0 Å². The summed E-state index contributed by atoms with van der Waals surface area (Å²) in [6, 6.07) is 7.01. The number of Topliss-reactive ketones (excluding diaryl/α,β-unsaturated/α-hetero) is 1. The van der Waals surface area contributed by atoms with Gasteiger partial charge in [0.25, 0.3) is 0 Å². The fourth-order valence-electron chi connectivity index (χ4n) is 2.24. The van der Waals surface area contributed by atoms with Crippen LogP contribution >= 0.6 is 0 Å². The molecule has 1 heterocycles. The van der Waals surface area contributed by atoms with E-state index in [2.05, 4.69) is 0 Å². The van der Waals surface area contributed by atoms with Crippen molar-refractivity contribution < 1.29 is 13.2 Å². The number of ketones is 1. The van der Waals surface area contributed by atoms with Crippen molar-refractivity contribution in [2.24, 2.45) is 0 Å². The van der Waals surface area contributed by atoms with Crippen LogP contribution in [0.5, 0.6) is 0 Å². The van der Waals surface area contributed by atoms with Gasteiger partial charge in [0.05, 0.1) is 11.0 Å². The van der Waals surface area contributed by atoms with Gasteiger partial charge in [-0.05, 0) is 25.3 Å². The summed E-state index contributed by atoms with van der Waals surface area (Å²) in [4.78, 5) is 11.4. The monoisotopic (exact) mass is 238 g/mol. The van der Waals surface area contributed by atoms with Gasteiger partial charge in [0.15, 0.2) is 15.6 Å². The van der Waals surface area contributed by atoms with Gasteiger partial charge < -0.3 is 0 Å². The second-order valence-corrected chi connectivity index (χ2v) is 6.44. The Kier molecular flexibility index (Phi) is 2.84. The third-order valence-electron chi connectivity index (χ3n) is 3.02. The van der Waals surface area contributed by atoms with E-state index in [1.807, 2.05) is 0 Å². The van der Waals surface area contributed by atoms with Gasteiger partial charge in [-0.2, -0.15) is 0 Å². The molecule has 1 aromatic carbocycles. The Morgan fingerprint density at radius 1 is 1.31 bits per heavy atom. The largest absolute Gasteiger partial charge is 0.295 e. The molecule has 0 spiro atoms. The maximum absolute atomic E-state index is 11.8. The summed E-state index contributed by atoms with van der Waals surface area (Å²) < 4.78 is 23.7. The third kappa shape index (κ3) is 1.89. The van der Waals surface area contributed by atoms with Crippen LogP contribution in [0, 0.1) is 0 Å². The Bertz CT molecular complexity index is 517. The van der Waals surface area contributed by atoms with Crippen molar-refractivity contribution in [1.29, 1.82) is 0 Å². The van der Waals surface area contributed by atoms with Crippen LogP contribution in [-0.2, 0) is 9.84 Å². The molecule has 1 aromatic rings. The summed E-state index contributed by atoms with van der Waals surface area (Å²) in [6.45, 7) is 1.47. The van der Waals surface area contributed by atoms with E-state index in [1.165, 1.54) is 6.92 Å². The molecule has 1 atom stereocenters.